The molecule has 0 aliphatic heterocycles. The molecule has 2 heteroatoms. The fourth-order valence-corrected chi connectivity index (χ4v) is 1.42. The van der Waals surface area contributed by atoms with Crippen molar-refractivity contribution in [1.82, 2.24) is 0 Å². The Morgan fingerprint density at radius 1 is 0.867 bits per heavy atom. The van der Waals surface area contributed by atoms with Gasteiger partial charge in [-0.25, -0.2) is 0 Å². The summed E-state index contributed by atoms with van der Waals surface area (Å²) in [6, 6.07) is 17.3. The number of anilines is 1. The first kappa shape index (κ1) is 9.59. The summed E-state index contributed by atoms with van der Waals surface area (Å²) in [6.45, 7) is 0.721. The molecule has 76 valence electrons. The zero-order valence-corrected chi connectivity index (χ0v) is 8.35. The van der Waals surface area contributed by atoms with Gasteiger partial charge < -0.3 is 10.4 Å². The van der Waals surface area contributed by atoms with Crippen LogP contribution < -0.4 is 5.32 Å². The van der Waals surface area contributed by atoms with Crippen LogP contribution in [0.1, 0.15) is 5.56 Å². The number of benzene rings is 2. The molecule has 0 bridgehead atoms. The second kappa shape index (κ2) is 4.51. The van der Waals surface area contributed by atoms with Gasteiger partial charge in [0.05, 0.1) is 5.69 Å². The van der Waals surface area contributed by atoms with Crippen LogP contribution in [-0.4, -0.2) is 5.11 Å². The topological polar surface area (TPSA) is 32.3 Å². The maximum Gasteiger partial charge on any atom is 0.138 e. The predicted octanol–water partition coefficient (Wildman–Crippen LogP) is 3.00. The predicted molar refractivity (Wildman–Crippen MR) is 61.9 cm³/mol. The van der Waals surface area contributed by atoms with E-state index in [1.807, 2.05) is 48.5 Å². The average molecular weight is 199 g/mol. The first-order valence-electron chi connectivity index (χ1n) is 4.92. The van der Waals surface area contributed by atoms with Gasteiger partial charge in [-0.2, -0.15) is 0 Å². The zero-order chi connectivity index (χ0) is 10.5. The molecule has 15 heavy (non-hydrogen) atoms. The lowest BCUT2D eigenvalue weighted by molar-refractivity contribution is 0.477. The van der Waals surface area contributed by atoms with Crippen LogP contribution >= 0.6 is 0 Å². The van der Waals surface area contributed by atoms with Crippen LogP contribution in [0.25, 0.3) is 0 Å². The number of phenols is 1. The number of aromatic hydroxyl groups is 1. The SMILES string of the molecule is Oc1ccccc1NCc1ccccc1. The van der Waals surface area contributed by atoms with Crippen LogP contribution in [0.5, 0.6) is 5.75 Å². The van der Waals surface area contributed by atoms with Gasteiger partial charge in [-0.05, 0) is 17.7 Å². The monoisotopic (exact) mass is 199 g/mol. The van der Waals surface area contributed by atoms with Crippen LogP contribution in [0.2, 0.25) is 0 Å². The Labute approximate surface area is 89.2 Å². The van der Waals surface area contributed by atoms with E-state index in [0.29, 0.717) is 0 Å². The van der Waals surface area contributed by atoms with Crippen molar-refractivity contribution < 1.29 is 5.11 Å². The maximum absolute atomic E-state index is 9.53. The Bertz CT molecular complexity index is 426. The van der Waals surface area contributed by atoms with Crippen molar-refractivity contribution in [3.8, 4) is 5.75 Å². The molecule has 0 saturated carbocycles. The molecule has 2 aromatic rings. The molecular weight excluding hydrogens is 186 g/mol. The molecule has 0 aromatic heterocycles. The van der Waals surface area contributed by atoms with E-state index in [2.05, 4.69) is 5.32 Å². The molecular formula is C13H13NO. The van der Waals surface area contributed by atoms with Crippen molar-refractivity contribution >= 4 is 5.69 Å². The van der Waals surface area contributed by atoms with Crippen molar-refractivity contribution in [1.29, 1.82) is 0 Å². The van der Waals surface area contributed by atoms with Gasteiger partial charge in [-0.15, -0.1) is 0 Å². The highest BCUT2D eigenvalue weighted by Crippen LogP contribution is 2.21. The Morgan fingerprint density at radius 2 is 1.53 bits per heavy atom. The van der Waals surface area contributed by atoms with E-state index >= 15 is 0 Å². The lowest BCUT2D eigenvalue weighted by atomic mass is 10.2. The highest BCUT2D eigenvalue weighted by molar-refractivity contribution is 5.55. The number of para-hydroxylation sites is 2. The van der Waals surface area contributed by atoms with E-state index in [-0.39, 0.29) is 5.75 Å². The molecule has 0 atom stereocenters. The van der Waals surface area contributed by atoms with Crippen molar-refractivity contribution in [2.45, 2.75) is 6.54 Å². The van der Waals surface area contributed by atoms with Gasteiger partial charge in [0.2, 0.25) is 0 Å². The summed E-state index contributed by atoms with van der Waals surface area (Å²) in [5.74, 6) is 0.286. The van der Waals surface area contributed by atoms with Crippen molar-refractivity contribution in [3.05, 3.63) is 60.2 Å². The molecule has 0 unspecified atom stereocenters. The van der Waals surface area contributed by atoms with Gasteiger partial charge in [0.15, 0.2) is 0 Å². The van der Waals surface area contributed by atoms with Crippen molar-refractivity contribution in [2.75, 3.05) is 5.32 Å². The molecule has 2 rings (SSSR count). The molecule has 0 fully saturated rings. The first-order chi connectivity index (χ1) is 7.36. The smallest absolute Gasteiger partial charge is 0.138 e. The van der Waals surface area contributed by atoms with Crippen LogP contribution in [0, 0.1) is 0 Å². The Morgan fingerprint density at radius 3 is 2.27 bits per heavy atom. The third-order valence-corrected chi connectivity index (χ3v) is 2.23. The summed E-state index contributed by atoms with van der Waals surface area (Å²) in [5.41, 5.74) is 1.96. The number of phenolic OH excluding ortho intramolecular Hbond substituents is 1. The maximum atomic E-state index is 9.53. The van der Waals surface area contributed by atoms with Crippen LogP contribution in [0.4, 0.5) is 5.69 Å². The lowest BCUT2D eigenvalue weighted by Gasteiger charge is -2.07. The fourth-order valence-electron chi connectivity index (χ4n) is 1.42. The Kier molecular flexibility index (Phi) is 2.88. The molecule has 0 radical (unpaired) electrons. The quantitative estimate of drug-likeness (QED) is 0.745. The highest BCUT2D eigenvalue weighted by Gasteiger charge is 1.97. The summed E-state index contributed by atoms with van der Waals surface area (Å²) in [4.78, 5) is 0. The molecule has 0 aliphatic rings. The van der Waals surface area contributed by atoms with E-state index in [9.17, 15) is 5.11 Å². The third kappa shape index (κ3) is 2.50. The molecule has 0 saturated heterocycles. The van der Waals surface area contributed by atoms with Gasteiger partial charge in [-0.3, -0.25) is 0 Å². The number of nitrogens with one attached hydrogen (secondary N) is 1. The largest absolute Gasteiger partial charge is 0.506 e. The summed E-state index contributed by atoms with van der Waals surface area (Å²) in [5, 5.41) is 12.7. The number of hydrogen-bond donors (Lipinski definition) is 2. The summed E-state index contributed by atoms with van der Waals surface area (Å²) in [6.07, 6.45) is 0. The summed E-state index contributed by atoms with van der Waals surface area (Å²) in [7, 11) is 0. The Balaban J connectivity index is 2.03. The zero-order valence-electron chi connectivity index (χ0n) is 8.35. The molecule has 2 aromatic carbocycles. The minimum atomic E-state index is 0.286. The third-order valence-electron chi connectivity index (χ3n) is 2.23. The average Bonchev–Trinajstić information content (AvgIpc) is 2.29. The van der Waals surface area contributed by atoms with Gasteiger partial charge in [-0.1, -0.05) is 42.5 Å². The highest BCUT2D eigenvalue weighted by atomic mass is 16.3. The van der Waals surface area contributed by atoms with E-state index in [1.54, 1.807) is 6.07 Å². The van der Waals surface area contributed by atoms with E-state index in [1.165, 1.54) is 5.56 Å². The molecule has 0 spiro atoms. The lowest BCUT2D eigenvalue weighted by Crippen LogP contribution is -1.98. The van der Waals surface area contributed by atoms with Crippen molar-refractivity contribution in [2.24, 2.45) is 0 Å². The first-order valence-corrected chi connectivity index (χ1v) is 4.92. The van der Waals surface area contributed by atoms with Gasteiger partial charge in [0, 0.05) is 6.54 Å². The van der Waals surface area contributed by atoms with Gasteiger partial charge in [0.1, 0.15) is 5.75 Å². The van der Waals surface area contributed by atoms with Gasteiger partial charge in [0.25, 0.3) is 0 Å². The van der Waals surface area contributed by atoms with Crippen LogP contribution in [0.3, 0.4) is 0 Å². The van der Waals surface area contributed by atoms with E-state index < -0.39 is 0 Å². The van der Waals surface area contributed by atoms with Crippen LogP contribution in [0.15, 0.2) is 54.6 Å². The molecule has 2 N–H and O–H groups in total. The number of rotatable bonds is 3. The minimum Gasteiger partial charge on any atom is -0.506 e. The fraction of sp³-hybridized carbons (Fsp3) is 0.0769. The molecule has 0 heterocycles. The van der Waals surface area contributed by atoms with E-state index in [0.717, 1.165) is 12.2 Å². The summed E-state index contributed by atoms with van der Waals surface area (Å²) < 4.78 is 0. The molecule has 0 aliphatic carbocycles. The summed E-state index contributed by atoms with van der Waals surface area (Å²) >= 11 is 0. The van der Waals surface area contributed by atoms with Crippen LogP contribution in [-0.2, 0) is 6.54 Å². The second-order valence-electron chi connectivity index (χ2n) is 3.36. The minimum absolute atomic E-state index is 0.286. The molecule has 2 nitrogen and oxygen atoms in total. The number of hydrogen-bond acceptors (Lipinski definition) is 2. The standard InChI is InChI=1S/C13H13NO/c15-13-9-5-4-8-12(13)14-10-11-6-2-1-3-7-11/h1-9,14-15H,10H2. The van der Waals surface area contributed by atoms with E-state index in [4.69, 9.17) is 0 Å². The van der Waals surface area contributed by atoms with Gasteiger partial charge >= 0.3 is 0 Å². The van der Waals surface area contributed by atoms with Crippen molar-refractivity contribution in [3.63, 3.8) is 0 Å². The molecule has 0 amide bonds. The Hall–Kier alpha value is -1.96. The second-order valence-corrected chi connectivity index (χ2v) is 3.36. The normalized spacial score (nSPS) is 9.87.